The van der Waals surface area contributed by atoms with Crippen molar-refractivity contribution in [3.63, 3.8) is 0 Å². The van der Waals surface area contributed by atoms with Crippen LogP contribution in [0.15, 0.2) is 6.20 Å². The summed E-state index contributed by atoms with van der Waals surface area (Å²) in [5.74, 6) is -0.271. The summed E-state index contributed by atoms with van der Waals surface area (Å²) in [5, 5.41) is 4.79. The van der Waals surface area contributed by atoms with Gasteiger partial charge in [0.15, 0.2) is 0 Å². The van der Waals surface area contributed by atoms with E-state index in [1.807, 2.05) is 6.92 Å². The fourth-order valence-electron chi connectivity index (χ4n) is 1.51. The lowest BCUT2D eigenvalue weighted by Crippen LogP contribution is -2.21. The Morgan fingerprint density at radius 2 is 2.38 bits per heavy atom. The quantitative estimate of drug-likeness (QED) is 0.748. The molecule has 0 amide bonds. The summed E-state index contributed by atoms with van der Waals surface area (Å²) in [5.41, 5.74) is 0.729. The van der Waals surface area contributed by atoms with Crippen LogP contribution < -0.4 is 0 Å². The van der Waals surface area contributed by atoms with Crippen molar-refractivity contribution in [2.75, 3.05) is 7.11 Å². The highest BCUT2D eigenvalue weighted by Crippen LogP contribution is 2.20. The Hall–Kier alpha value is -1.03. The van der Waals surface area contributed by atoms with Crippen LogP contribution in [0.4, 0.5) is 0 Å². The number of rotatable bonds is 5. The van der Waals surface area contributed by atoms with Crippen molar-refractivity contribution in [3.8, 4) is 0 Å². The van der Waals surface area contributed by atoms with Crippen LogP contribution in [-0.4, -0.2) is 22.9 Å². The molecule has 0 aliphatic heterocycles. The number of methoxy groups -OCH3 is 1. The second-order valence-corrected chi connectivity index (χ2v) is 4.13. The molecule has 1 atom stereocenters. The van der Waals surface area contributed by atoms with E-state index in [0.29, 0.717) is 5.02 Å². The van der Waals surface area contributed by atoms with Gasteiger partial charge >= 0.3 is 5.97 Å². The van der Waals surface area contributed by atoms with Crippen LogP contribution in [0.1, 0.15) is 37.9 Å². The average molecular weight is 245 g/mol. The molecule has 0 N–H and O–H groups in total. The predicted octanol–water partition coefficient (Wildman–Crippen LogP) is 2.75. The molecule has 1 aromatic heterocycles. The molecule has 1 rings (SSSR count). The minimum atomic E-state index is -0.365. The van der Waals surface area contributed by atoms with Gasteiger partial charge in [-0.05, 0) is 13.3 Å². The Balaban J connectivity index is 2.87. The summed E-state index contributed by atoms with van der Waals surface area (Å²) in [4.78, 5) is 11.6. The minimum Gasteiger partial charge on any atom is -0.467 e. The van der Waals surface area contributed by atoms with E-state index in [9.17, 15) is 4.79 Å². The fourth-order valence-corrected chi connectivity index (χ4v) is 1.65. The van der Waals surface area contributed by atoms with Crippen molar-refractivity contribution in [1.29, 1.82) is 0 Å². The summed E-state index contributed by atoms with van der Waals surface area (Å²) in [6.45, 7) is 3.89. The number of esters is 1. The SMILES string of the molecule is CCCCC(C(=O)OC)n1cc(Cl)c(C)n1. The largest absolute Gasteiger partial charge is 0.467 e. The van der Waals surface area contributed by atoms with E-state index in [1.165, 1.54) is 7.11 Å². The number of hydrogen-bond acceptors (Lipinski definition) is 3. The van der Waals surface area contributed by atoms with Gasteiger partial charge < -0.3 is 4.74 Å². The van der Waals surface area contributed by atoms with E-state index < -0.39 is 0 Å². The molecule has 0 radical (unpaired) electrons. The molecule has 0 aliphatic carbocycles. The minimum absolute atomic E-state index is 0.271. The second-order valence-electron chi connectivity index (χ2n) is 3.72. The highest BCUT2D eigenvalue weighted by atomic mass is 35.5. The van der Waals surface area contributed by atoms with Crippen molar-refractivity contribution >= 4 is 17.6 Å². The molecule has 16 heavy (non-hydrogen) atoms. The highest BCUT2D eigenvalue weighted by molar-refractivity contribution is 6.31. The fraction of sp³-hybridized carbons (Fsp3) is 0.636. The first-order valence-electron chi connectivity index (χ1n) is 5.39. The van der Waals surface area contributed by atoms with Crippen LogP contribution >= 0.6 is 11.6 Å². The van der Waals surface area contributed by atoms with Gasteiger partial charge in [-0.3, -0.25) is 4.68 Å². The van der Waals surface area contributed by atoms with E-state index in [-0.39, 0.29) is 12.0 Å². The molecule has 1 aromatic rings. The first-order valence-corrected chi connectivity index (χ1v) is 5.77. The Morgan fingerprint density at radius 3 is 2.81 bits per heavy atom. The molecule has 0 saturated carbocycles. The van der Waals surface area contributed by atoms with E-state index >= 15 is 0 Å². The van der Waals surface area contributed by atoms with E-state index in [4.69, 9.17) is 16.3 Å². The number of carbonyl (C=O) groups is 1. The van der Waals surface area contributed by atoms with Crippen LogP contribution in [0, 0.1) is 6.92 Å². The molecule has 4 nitrogen and oxygen atoms in total. The first-order chi connectivity index (χ1) is 7.60. The molecule has 0 aliphatic rings. The van der Waals surface area contributed by atoms with Gasteiger partial charge in [-0.15, -0.1) is 0 Å². The van der Waals surface area contributed by atoms with Gasteiger partial charge in [0, 0.05) is 6.20 Å². The zero-order valence-electron chi connectivity index (χ0n) is 9.86. The maximum Gasteiger partial charge on any atom is 0.330 e. The lowest BCUT2D eigenvalue weighted by molar-refractivity contribution is -0.145. The summed E-state index contributed by atoms with van der Waals surface area (Å²) in [7, 11) is 1.39. The van der Waals surface area contributed by atoms with Crippen LogP contribution in [0.2, 0.25) is 5.02 Å². The molecule has 90 valence electrons. The summed E-state index contributed by atoms with van der Waals surface area (Å²) < 4.78 is 6.37. The van der Waals surface area contributed by atoms with E-state index in [2.05, 4.69) is 12.0 Å². The number of aryl methyl sites for hydroxylation is 1. The van der Waals surface area contributed by atoms with Crippen molar-refractivity contribution in [2.45, 2.75) is 39.2 Å². The molecule has 0 bridgehead atoms. The number of nitrogens with zero attached hydrogens (tertiary/aromatic N) is 2. The number of ether oxygens (including phenoxy) is 1. The molecule has 1 unspecified atom stereocenters. The zero-order valence-corrected chi connectivity index (χ0v) is 10.6. The van der Waals surface area contributed by atoms with Crippen molar-refractivity contribution < 1.29 is 9.53 Å². The van der Waals surface area contributed by atoms with Gasteiger partial charge in [-0.1, -0.05) is 31.4 Å². The number of aromatic nitrogens is 2. The van der Waals surface area contributed by atoms with Crippen LogP contribution in [-0.2, 0) is 9.53 Å². The third kappa shape index (κ3) is 2.98. The van der Waals surface area contributed by atoms with Gasteiger partial charge in [0.2, 0.25) is 0 Å². The predicted molar refractivity (Wildman–Crippen MR) is 62.6 cm³/mol. The third-order valence-electron chi connectivity index (χ3n) is 2.48. The molecule has 5 heteroatoms. The Bertz CT molecular complexity index is 343. The summed E-state index contributed by atoms with van der Waals surface area (Å²) >= 11 is 5.92. The van der Waals surface area contributed by atoms with Crippen LogP contribution in [0.5, 0.6) is 0 Å². The van der Waals surface area contributed by atoms with Gasteiger partial charge in [-0.2, -0.15) is 5.10 Å². The maximum atomic E-state index is 11.6. The second kappa shape index (κ2) is 5.89. The lowest BCUT2D eigenvalue weighted by Gasteiger charge is -2.14. The van der Waals surface area contributed by atoms with Gasteiger partial charge in [0.05, 0.1) is 17.8 Å². The topological polar surface area (TPSA) is 44.1 Å². The third-order valence-corrected chi connectivity index (χ3v) is 2.85. The number of carbonyl (C=O) groups excluding carboxylic acids is 1. The zero-order chi connectivity index (χ0) is 12.1. The summed E-state index contributed by atoms with van der Waals surface area (Å²) in [6.07, 6.45) is 4.38. The van der Waals surface area contributed by atoms with Gasteiger partial charge in [0.1, 0.15) is 6.04 Å². The summed E-state index contributed by atoms with van der Waals surface area (Å²) in [6, 6.07) is -0.365. The van der Waals surface area contributed by atoms with Gasteiger partial charge in [0.25, 0.3) is 0 Å². The highest BCUT2D eigenvalue weighted by Gasteiger charge is 2.22. The standard InChI is InChI=1S/C11H17ClN2O2/c1-4-5-6-10(11(15)16-3)14-7-9(12)8(2)13-14/h7,10H,4-6H2,1-3H3. The van der Waals surface area contributed by atoms with E-state index in [0.717, 1.165) is 25.0 Å². The Labute approximate surface area is 101 Å². The van der Waals surface area contributed by atoms with Crippen molar-refractivity contribution in [1.82, 2.24) is 9.78 Å². The molecule has 1 heterocycles. The van der Waals surface area contributed by atoms with Crippen molar-refractivity contribution in [2.24, 2.45) is 0 Å². The normalized spacial score (nSPS) is 12.5. The lowest BCUT2D eigenvalue weighted by atomic mass is 10.1. The molecule has 0 aromatic carbocycles. The molecular formula is C11H17ClN2O2. The average Bonchev–Trinajstić information content (AvgIpc) is 2.59. The van der Waals surface area contributed by atoms with Gasteiger partial charge in [-0.25, -0.2) is 4.79 Å². The Kier molecular flexibility index (Phi) is 4.80. The molecule has 0 spiro atoms. The first kappa shape index (κ1) is 13.0. The van der Waals surface area contributed by atoms with Crippen molar-refractivity contribution in [3.05, 3.63) is 16.9 Å². The number of unbranched alkanes of at least 4 members (excludes halogenated alkanes) is 1. The number of halogens is 1. The molecular weight excluding hydrogens is 228 g/mol. The monoisotopic (exact) mass is 244 g/mol. The molecule has 0 saturated heterocycles. The smallest absolute Gasteiger partial charge is 0.330 e. The maximum absolute atomic E-state index is 11.6. The number of hydrogen-bond donors (Lipinski definition) is 0. The van der Waals surface area contributed by atoms with Crippen LogP contribution in [0.3, 0.4) is 0 Å². The van der Waals surface area contributed by atoms with E-state index in [1.54, 1.807) is 10.9 Å². The van der Waals surface area contributed by atoms with Crippen LogP contribution in [0.25, 0.3) is 0 Å². The Morgan fingerprint density at radius 1 is 1.69 bits per heavy atom. The molecule has 0 fully saturated rings.